The number of anilines is 1. The largest absolute Gasteiger partial charge is 0.376 e. The minimum absolute atomic E-state index is 0.0272. The van der Waals surface area contributed by atoms with E-state index >= 15 is 0 Å². The number of benzene rings is 2. The van der Waals surface area contributed by atoms with Crippen LogP contribution in [-0.2, 0) is 9.53 Å². The average Bonchev–Trinajstić information content (AvgIpc) is 3.34. The molecular weight excluding hydrogens is 383 g/mol. The molecule has 140 valence electrons. The third-order valence-electron chi connectivity index (χ3n) is 4.41. The van der Waals surface area contributed by atoms with Crippen LogP contribution in [-0.4, -0.2) is 35.9 Å². The van der Waals surface area contributed by atoms with Gasteiger partial charge < -0.3 is 4.74 Å². The summed E-state index contributed by atoms with van der Waals surface area (Å²) in [7, 11) is 0. The summed E-state index contributed by atoms with van der Waals surface area (Å²) in [4.78, 5) is 19.8. The molecule has 1 fully saturated rings. The molecule has 1 aliphatic rings. The average molecular weight is 403 g/mol. The summed E-state index contributed by atoms with van der Waals surface area (Å²) < 4.78 is 20.6. The Balaban J connectivity index is 1.54. The molecule has 1 amide bonds. The van der Waals surface area contributed by atoms with Crippen molar-refractivity contribution in [2.75, 3.05) is 23.8 Å². The second-order valence-electron chi connectivity index (χ2n) is 6.32. The highest BCUT2D eigenvalue weighted by atomic mass is 32.2. The van der Waals surface area contributed by atoms with E-state index in [1.807, 2.05) is 24.3 Å². The maximum Gasteiger partial charge on any atom is 0.239 e. The van der Waals surface area contributed by atoms with Gasteiger partial charge in [-0.2, -0.15) is 0 Å². The topological polar surface area (TPSA) is 42.4 Å². The number of carbonyl (C=O) groups is 1. The molecular formula is C20H19FN2O2S2. The third-order valence-corrected chi connectivity index (χ3v) is 6.51. The standard InChI is InChI=1S/C20H19FN2O2S2/c21-15-7-1-3-9-17(15)26-13-19(24)23(12-14-6-5-11-25-14)20-22-16-8-2-4-10-18(16)27-20/h1-4,7-10,14H,5-6,11-13H2. The van der Waals surface area contributed by atoms with E-state index in [2.05, 4.69) is 4.98 Å². The molecule has 0 saturated carbocycles. The van der Waals surface area contributed by atoms with Crippen LogP contribution < -0.4 is 4.90 Å². The quantitative estimate of drug-likeness (QED) is 0.559. The highest BCUT2D eigenvalue weighted by Crippen LogP contribution is 2.31. The van der Waals surface area contributed by atoms with Crippen molar-refractivity contribution in [1.82, 2.24) is 4.98 Å². The van der Waals surface area contributed by atoms with Crippen LogP contribution in [0.15, 0.2) is 53.4 Å². The molecule has 3 aromatic rings. The number of para-hydroxylation sites is 1. The second-order valence-corrected chi connectivity index (χ2v) is 8.35. The SMILES string of the molecule is O=C(CSc1ccccc1F)N(CC1CCCO1)c1nc2ccccc2s1. The zero-order valence-corrected chi connectivity index (χ0v) is 16.3. The highest BCUT2D eigenvalue weighted by molar-refractivity contribution is 8.00. The minimum atomic E-state index is -0.305. The molecule has 2 aromatic carbocycles. The summed E-state index contributed by atoms with van der Waals surface area (Å²) in [5.41, 5.74) is 0.879. The molecule has 0 spiro atoms. The van der Waals surface area contributed by atoms with E-state index < -0.39 is 0 Å². The van der Waals surface area contributed by atoms with Crippen molar-refractivity contribution >= 4 is 44.4 Å². The van der Waals surface area contributed by atoms with Gasteiger partial charge in [-0.25, -0.2) is 9.37 Å². The van der Waals surface area contributed by atoms with Crippen LogP contribution in [0.4, 0.5) is 9.52 Å². The smallest absolute Gasteiger partial charge is 0.239 e. The number of nitrogens with zero attached hydrogens (tertiary/aromatic N) is 2. The number of hydrogen-bond donors (Lipinski definition) is 0. The van der Waals surface area contributed by atoms with E-state index in [4.69, 9.17) is 4.74 Å². The van der Waals surface area contributed by atoms with E-state index in [0.29, 0.717) is 16.6 Å². The summed E-state index contributed by atoms with van der Waals surface area (Å²) in [6.45, 7) is 1.22. The lowest BCUT2D eigenvalue weighted by Crippen LogP contribution is -2.38. The molecule has 4 nitrogen and oxygen atoms in total. The van der Waals surface area contributed by atoms with Crippen LogP contribution in [0.5, 0.6) is 0 Å². The number of aromatic nitrogens is 1. The van der Waals surface area contributed by atoms with Crippen molar-refractivity contribution in [2.24, 2.45) is 0 Å². The molecule has 1 unspecified atom stereocenters. The number of halogens is 1. The lowest BCUT2D eigenvalue weighted by molar-refractivity contribution is -0.116. The highest BCUT2D eigenvalue weighted by Gasteiger charge is 2.26. The van der Waals surface area contributed by atoms with Crippen LogP contribution in [0, 0.1) is 5.82 Å². The predicted molar refractivity (Wildman–Crippen MR) is 108 cm³/mol. The van der Waals surface area contributed by atoms with Gasteiger partial charge in [0.25, 0.3) is 0 Å². The Kier molecular flexibility index (Phi) is 5.71. The van der Waals surface area contributed by atoms with Gasteiger partial charge in [0.2, 0.25) is 5.91 Å². The fourth-order valence-corrected chi connectivity index (χ4v) is 4.84. The maximum atomic E-state index is 13.9. The van der Waals surface area contributed by atoms with Gasteiger partial charge in [0.1, 0.15) is 5.82 Å². The normalized spacial score (nSPS) is 16.7. The fraction of sp³-hybridized carbons (Fsp3) is 0.300. The molecule has 0 bridgehead atoms. The van der Waals surface area contributed by atoms with Gasteiger partial charge >= 0.3 is 0 Å². The second kappa shape index (κ2) is 8.37. The molecule has 4 rings (SSSR count). The first-order chi connectivity index (χ1) is 13.2. The monoisotopic (exact) mass is 402 g/mol. The van der Waals surface area contributed by atoms with E-state index in [9.17, 15) is 9.18 Å². The molecule has 27 heavy (non-hydrogen) atoms. The molecule has 1 aromatic heterocycles. The zero-order chi connectivity index (χ0) is 18.6. The first-order valence-corrected chi connectivity index (χ1v) is 10.7. The minimum Gasteiger partial charge on any atom is -0.376 e. The van der Waals surface area contributed by atoms with E-state index in [0.717, 1.165) is 29.7 Å². The Morgan fingerprint density at radius 1 is 1.26 bits per heavy atom. The van der Waals surface area contributed by atoms with Crippen molar-refractivity contribution in [3.8, 4) is 0 Å². The summed E-state index contributed by atoms with van der Waals surface area (Å²) in [5, 5.41) is 0.672. The molecule has 0 N–H and O–H groups in total. The van der Waals surface area contributed by atoms with Gasteiger partial charge in [0.15, 0.2) is 5.13 Å². The van der Waals surface area contributed by atoms with Gasteiger partial charge in [-0.3, -0.25) is 9.69 Å². The van der Waals surface area contributed by atoms with Gasteiger partial charge in [0, 0.05) is 11.5 Å². The van der Waals surface area contributed by atoms with Crippen molar-refractivity contribution in [3.05, 3.63) is 54.3 Å². The number of rotatable bonds is 6. The number of carbonyl (C=O) groups excluding carboxylic acids is 1. The summed E-state index contributed by atoms with van der Waals surface area (Å²) in [6, 6.07) is 14.4. The molecule has 0 aliphatic carbocycles. The van der Waals surface area contributed by atoms with Crippen LogP contribution in [0.25, 0.3) is 10.2 Å². The first-order valence-electron chi connectivity index (χ1n) is 8.85. The number of thioether (sulfide) groups is 1. The Bertz CT molecular complexity index is 907. The molecule has 2 heterocycles. The van der Waals surface area contributed by atoms with Crippen LogP contribution >= 0.6 is 23.1 Å². The van der Waals surface area contributed by atoms with E-state index in [-0.39, 0.29) is 23.6 Å². The van der Waals surface area contributed by atoms with Gasteiger partial charge in [-0.1, -0.05) is 35.6 Å². The zero-order valence-electron chi connectivity index (χ0n) is 14.6. The Labute approximate surface area is 165 Å². The number of fused-ring (bicyclic) bond motifs is 1. The van der Waals surface area contributed by atoms with Gasteiger partial charge in [0.05, 0.1) is 28.6 Å². The molecule has 0 radical (unpaired) electrons. The molecule has 7 heteroatoms. The molecule has 1 atom stereocenters. The Hall–Kier alpha value is -1.96. The molecule has 1 saturated heterocycles. The number of amides is 1. The summed E-state index contributed by atoms with van der Waals surface area (Å²) in [5.74, 6) is -0.234. The predicted octanol–water partition coefficient (Wildman–Crippen LogP) is 4.74. The van der Waals surface area contributed by atoms with Gasteiger partial charge in [-0.05, 0) is 37.1 Å². The van der Waals surface area contributed by atoms with Crippen molar-refractivity contribution in [3.63, 3.8) is 0 Å². The van der Waals surface area contributed by atoms with E-state index in [1.165, 1.54) is 29.2 Å². The van der Waals surface area contributed by atoms with Crippen LogP contribution in [0.3, 0.4) is 0 Å². The Morgan fingerprint density at radius 3 is 2.85 bits per heavy atom. The molecule has 1 aliphatic heterocycles. The summed E-state index contributed by atoms with van der Waals surface area (Å²) >= 11 is 2.71. The number of thiazole rings is 1. The number of hydrogen-bond acceptors (Lipinski definition) is 5. The van der Waals surface area contributed by atoms with Crippen LogP contribution in [0.2, 0.25) is 0 Å². The van der Waals surface area contributed by atoms with Crippen molar-refractivity contribution in [2.45, 2.75) is 23.8 Å². The number of ether oxygens (including phenoxy) is 1. The maximum absolute atomic E-state index is 13.9. The van der Waals surface area contributed by atoms with Crippen molar-refractivity contribution < 1.29 is 13.9 Å². The third kappa shape index (κ3) is 4.31. The first kappa shape index (κ1) is 18.4. The van der Waals surface area contributed by atoms with E-state index in [1.54, 1.807) is 23.1 Å². The Morgan fingerprint density at radius 2 is 2.07 bits per heavy atom. The van der Waals surface area contributed by atoms with Crippen molar-refractivity contribution in [1.29, 1.82) is 0 Å². The fourth-order valence-electron chi connectivity index (χ4n) is 3.03. The van der Waals surface area contributed by atoms with Gasteiger partial charge in [-0.15, -0.1) is 11.8 Å². The lowest BCUT2D eigenvalue weighted by Gasteiger charge is -2.23. The van der Waals surface area contributed by atoms with Crippen LogP contribution in [0.1, 0.15) is 12.8 Å². The lowest BCUT2D eigenvalue weighted by atomic mass is 10.2. The summed E-state index contributed by atoms with van der Waals surface area (Å²) in [6.07, 6.45) is 1.98.